The molecule has 0 aromatic carbocycles. The van der Waals surface area contributed by atoms with Gasteiger partial charge >= 0.3 is 6.09 Å². The van der Waals surface area contributed by atoms with Gasteiger partial charge in [-0.25, -0.2) is 4.79 Å². The van der Waals surface area contributed by atoms with Gasteiger partial charge in [-0.3, -0.25) is 0 Å². The van der Waals surface area contributed by atoms with E-state index in [2.05, 4.69) is 0 Å². The molecule has 6 heteroatoms. The quantitative estimate of drug-likeness (QED) is 0.702. The Bertz CT molecular complexity index is 227. The number of carboxylic acid groups (broad SMARTS) is 1. The molecular formula is C8H13NO3S2. The van der Waals surface area contributed by atoms with E-state index in [1.807, 2.05) is 6.26 Å². The number of nitrogens with zero attached hydrogens (tertiary/aromatic N) is 1. The Kier molecular flexibility index (Phi) is 4.47. The van der Waals surface area contributed by atoms with Gasteiger partial charge in [0, 0.05) is 25.9 Å². The van der Waals surface area contributed by atoms with E-state index < -0.39 is 6.09 Å². The predicted octanol–water partition coefficient (Wildman–Crippen LogP) is 1.79. The zero-order chi connectivity index (χ0) is 10.6. The van der Waals surface area contributed by atoms with Gasteiger partial charge in [-0.05, 0) is 18.5 Å². The first kappa shape index (κ1) is 11.6. The second-order valence-electron chi connectivity index (χ2n) is 3.04. The predicted molar refractivity (Wildman–Crippen MR) is 59.8 cm³/mol. The van der Waals surface area contributed by atoms with E-state index in [4.69, 9.17) is 22.1 Å². The number of thioether (sulfide) groups is 1. The standard InChI is InChI=1S/C8H13NO3S2/c1-14-8(13)12-6-2-4-9(5-3-6)7(10)11/h6H,2-5H2,1H3,(H,10,11). The molecule has 14 heavy (non-hydrogen) atoms. The van der Waals surface area contributed by atoms with Crippen LogP contribution in [0.15, 0.2) is 0 Å². The molecule has 1 saturated heterocycles. The van der Waals surface area contributed by atoms with Crippen molar-refractivity contribution in [2.45, 2.75) is 18.9 Å². The average molecular weight is 235 g/mol. The van der Waals surface area contributed by atoms with Crippen LogP contribution in [0.25, 0.3) is 0 Å². The summed E-state index contributed by atoms with van der Waals surface area (Å²) in [5.74, 6) is 0. The molecule has 0 saturated carbocycles. The van der Waals surface area contributed by atoms with E-state index in [-0.39, 0.29) is 6.10 Å². The van der Waals surface area contributed by atoms with Gasteiger partial charge in [-0.1, -0.05) is 11.8 Å². The van der Waals surface area contributed by atoms with Crippen molar-refractivity contribution < 1.29 is 14.6 Å². The number of hydrogen-bond donors (Lipinski definition) is 1. The van der Waals surface area contributed by atoms with E-state index in [0.29, 0.717) is 17.5 Å². The summed E-state index contributed by atoms with van der Waals surface area (Å²) in [4.78, 5) is 12.0. The van der Waals surface area contributed by atoms with E-state index in [1.165, 1.54) is 16.7 Å². The van der Waals surface area contributed by atoms with E-state index in [1.54, 1.807) is 0 Å². The second kappa shape index (κ2) is 5.41. The van der Waals surface area contributed by atoms with Gasteiger partial charge in [0.15, 0.2) is 0 Å². The zero-order valence-electron chi connectivity index (χ0n) is 7.93. The maximum absolute atomic E-state index is 10.6. The van der Waals surface area contributed by atoms with Crippen LogP contribution in [-0.2, 0) is 4.74 Å². The summed E-state index contributed by atoms with van der Waals surface area (Å²) in [6.07, 6.45) is 2.57. The second-order valence-corrected chi connectivity index (χ2v) is 4.45. The molecule has 0 unspecified atom stereocenters. The summed E-state index contributed by atoms with van der Waals surface area (Å²) < 4.78 is 5.98. The van der Waals surface area contributed by atoms with Crippen LogP contribution < -0.4 is 0 Å². The van der Waals surface area contributed by atoms with Crippen molar-refractivity contribution in [1.82, 2.24) is 4.90 Å². The highest BCUT2D eigenvalue weighted by Gasteiger charge is 2.23. The normalized spacial score (nSPS) is 17.9. The number of thiocarbonyl (C=S) groups is 1. The van der Waals surface area contributed by atoms with Crippen molar-refractivity contribution in [3.05, 3.63) is 0 Å². The first-order valence-corrected chi connectivity index (χ1v) is 5.99. The molecule has 4 nitrogen and oxygen atoms in total. The van der Waals surface area contributed by atoms with Crippen molar-refractivity contribution >= 4 is 34.5 Å². The van der Waals surface area contributed by atoms with E-state index in [9.17, 15) is 4.79 Å². The fraction of sp³-hybridized carbons (Fsp3) is 0.750. The number of hydrogen-bond acceptors (Lipinski definition) is 4. The average Bonchev–Trinajstić information content (AvgIpc) is 2.18. The van der Waals surface area contributed by atoms with Crippen molar-refractivity contribution in [1.29, 1.82) is 0 Å². The molecule has 1 fully saturated rings. The topological polar surface area (TPSA) is 49.8 Å². The summed E-state index contributed by atoms with van der Waals surface area (Å²) in [6.45, 7) is 1.08. The van der Waals surface area contributed by atoms with Gasteiger partial charge in [-0.15, -0.1) is 0 Å². The van der Waals surface area contributed by atoms with Gasteiger partial charge in [0.25, 0.3) is 0 Å². The van der Waals surface area contributed by atoms with Crippen molar-refractivity contribution in [2.24, 2.45) is 0 Å². The van der Waals surface area contributed by atoms with Gasteiger partial charge in [-0.2, -0.15) is 0 Å². The number of piperidine rings is 1. The Balaban J connectivity index is 2.29. The molecule has 0 atom stereocenters. The molecule has 1 rings (SSSR count). The lowest BCUT2D eigenvalue weighted by Crippen LogP contribution is -2.40. The Morgan fingerprint density at radius 3 is 2.57 bits per heavy atom. The van der Waals surface area contributed by atoms with Crippen LogP contribution in [0.1, 0.15) is 12.8 Å². The number of carbonyl (C=O) groups is 1. The lowest BCUT2D eigenvalue weighted by molar-refractivity contribution is 0.0878. The fourth-order valence-corrected chi connectivity index (χ4v) is 1.72. The Hall–Kier alpha value is -0.490. The maximum Gasteiger partial charge on any atom is 0.407 e. The van der Waals surface area contributed by atoms with E-state index >= 15 is 0 Å². The number of ether oxygens (including phenoxy) is 1. The molecule has 1 aliphatic rings. The van der Waals surface area contributed by atoms with Crippen LogP contribution in [0, 0.1) is 0 Å². The van der Waals surface area contributed by atoms with E-state index in [0.717, 1.165) is 12.8 Å². The molecular weight excluding hydrogens is 222 g/mol. The van der Waals surface area contributed by atoms with Gasteiger partial charge in [0.1, 0.15) is 6.10 Å². The Morgan fingerprint density at radius 2 is 2.14 bits per heavy atom. The summed E-state index contributed by atoms with van der Waals surface area (Å²) in [5.41, 5.74) is 0. The molecule has 0 bridgehead atoms. The largest absolute Gasteiger partial charge is 0.475 e. The van der Waals surface area contributed by atoms with Gasteiger partial charge < -0.3 is 14.7 Å². The number of likely N-dealkylation sites (tertiary alicyclic amines) is 1. The first-order valence-electron chi connectivity index (χ1n) is 4.36. The number of rotatable bonds is 1. The fourth-order valence-electron chi connectivity index (χ4n) is 1.35. The molecule has 1 amide bonds. The zero-order valence-corrected chi connectivity index (χ0v) is 9.57. The number of amides is 1. The molecule has 0 spiro atoms. The Morgan fingerprint density at radius 1 is 1.57 bits per heavy atom. The maximum atomic E-state index is 10.6. The minimum Gasteiger partial charge on any atom is -0.475 e. The van der Waals surface area contributed by atoms with Crippen molar-refractivity contribution in [2.75, 3.05) is 19.3 Å². The highest BCUT2D eigenvalue weighted by Crippen LogP contribution is 2.16. The third-order valence-electron chi connectivity index (χ3n) is 2.14. The molecule has 0 aromatic rings. The van der Waals surface area contributed by atoms with Gasteiger partial charge in [0.05, 0.1) is 0 Å². The summed E-state index contributed by atoms with van der Waals surface area (Å²) in [6, 6.07) is 0. The Labute approximate surface area is 92.6 Å². The highest BCUT2D eigenvalue weighted by atomic mass is 32.2. The highest BCUT2D eigenvalue weighted by molar-refractivity contribution is 8.22. The molecule has 0 radical (unpaired) electrons. The third-order valence-corrected chi connectivity index (χ3v) is 3.17. The van der Waals surface area contributed by atoms with Crippen LogP contribution in [0.4, 0.5) is 4.79 Å². The van der Waals surface area contributed by atoms with Crippen LogP contribution in [-0.4, -0.2) is 45.9 Å². The minimum atomic E-state index is -0.851. The summed E-state index contributed by atoms with van der Waals surface area (Å²) >= 11 is 6.33. The van der Waals surface area contributed by atoms with Gasteiger partial charge in [0.2, 0.25) is 4.38 Å². The third kappa shape index (κ3) is 3.34. The lowest BCUT2D eigenvalue weighted by atomic mass is 10.1. The lowest BCUT2D eigenvalue weighted by Gasteiger charge is -2.29. The van der Waals surface area contributed by atoms with Crippen LogP contribution in [0.3, 0.4) is 0 Å². The SMILES string of the molecule is CSC(=S)OC1CCN(C(=O)O)CC1. The van der Waals surface area contributed by atoms with Crippen LogP contribution in [0.5, 0.6) is 0 Å². The monoisotopic (exact) mass is 235 g/mol. The first-order chi connectivity index (χ1) is 6.63. The van der Waals surface area contributed by atoms with Crippen molar-refractivity contribution in [3.63, 3.8) is 0 Å². The summed E-state index contributed by atoms with van der Waals surface area (Å²) in [5, 5.41) is 8.71. The summed E-state index contributed by atoms with van der Waals surface area (Å²) in [7, 11) is 0. The molecule has 1 aliphatic heterocycles. The molecule has 1 N–H and O–H groups in total. The van der Waals surface area contributed by atoms with Crippen molar-refractivity contribution in [3.8, 4) is 0 Å². The molecule has 80 valence electrons. The minimum absolute atomic E-state index is 0.0885. The molecule has 0 aliphatic carbocycles. The molecule has 1 heterocycles. The smallest absolute Gasteiger partial charge is 0.407 e. The molecule has 0 aromatic heterocycles. The van der Waals surface area contributed by atoms with Crippen LogP contribution >= 0.6 is 24.0 Å². The van der Waals surface area contributed by atoms with Crippen LogP contribution in [0.2, 0.25) is 0 Å².